The zero-order chi connectivity index (χ0) is 13.5. The molecular weight excluding hydrogens is 218 g/mol. The van der Waals surface area contributed by atoms with E-state index in [0.29, 0.717) is 12.8 Å². The molecule has 0 saturated heterocycles. The lowest BCUT2D eigenvalue weighted by Gasteiger charge is -2.18. The molecule has 17 heavy (non-hydrogen) atoms. The average Bonchev–Trinajstić information content (AvgIpc) is 2.14. The predicted molar refractivity (Wildman–Crippen MR) is 67.8 cm³/mol. The molecule has 0 heterocycles. The smallest absolute Gasteiger partial charge is 0.326 e. The van der Waals surface area contributed by atoms with Gasteiger partial charge in [-0.3, -0.25) is 4.79 Å². The van der Waals surface area contributed by atoms with E-state index in [0.717, 1.165) is 19.3 Å². The molecule has 0 aromatic carbocycles. The van der Waals surface area contributed by atoms with Crippen molar-refractivity contribution in [2.75, 3.05) is 0 Å². The minimum Gasteiger partial charge on any atom is -0.480 e. The van der Waals surface area contributed by atoms with Crippen LogP contribution in [0, 0.1) is 5.41 Å². The fourth-order valence-corrected chi connectivity index (χ4v) is 1.59. The number of rotatable bonds is 7. The van der Waals surface area contributed by atoms with Gasteiger partial charge in [-0.25, -0.2) is 4.79 Å². The first-order valence-corrected chi connectivity index (χ1v) is 6.28. The van der Waals surface area contributed by atoms with Crippen LogP contribution >= 0.6 is 0 Å². The average molecular weight is 243 g/mol. The lowest BCUT2D eigenvalue weighted by molar-refractivity contribution is -0.142. The molecule has 4 heteroatoms. The van der Waals surface area contributed by atoms with Gasteiger partial charge in [-0.05, 0) is 24.7 Å². The Morgan fingerprint density at radius 3 is 2.29 bits per heavy atom. The first-order valence-electron chi connectivity index (χ1n) is 6.28. The summed E-state index contributed by atoms with van der Waals surface area (Å²) in [5, 5.41) is 11.5. The van der Waals surface area contributed by atoms with E-state index < -0.39 is 12.0 Å². The third-order valence-electron chi connectivity index (χ3n) is 2.54. The molecule has 1 unspecified atom stereocenters. The standard InChI is InChI=1S/C13H25NO3/c1-5-7-10(12(16)17)14-11(15)8-6-9-13(2,3)4/h10H,5-9H2,1-4H3,(H,14,15)(H,16,17). The number of nitrogens with one attached hydrogen (secondary N) is 1. The van der Waals surface area contributed by atoms with Gasteiger partial charge in [0, 0.05) is 6.42 Å². The Bertz CT molecular complexity index is 256. The molecule has 0 aromatic heterocycles. The minimum atomic E-state index is -0.948. The summed E-state index contributed by atoms with van der Waals surface area (Å²) in [6.45, 7) is 8.29. The van der Waals surface area contributed by atoms with Crippen molar-refractivity contribution >= 4 is 11.9 Å². The number of hydrogen-bond acceptors (Lipinski definition) is 2. The molecule has 0 bridgehead atoms. The van der Waals surface area contributed by atoms with Gasteiger partial charge in [0.15, 0.2) is 0 Å². The Morgan fingerprint density at radius 1 is 1.29 bits per heavy atom. The molecular formula is C13H25NO3. The lowest BCUT2D eigenvalue weighted by atomic mass is 9.90. The molecule has 0 saturated carbocycles. The van der Waals surface area contributed by atoms with Gasteiger partial charge >= 0.3 is 5.97 Å². The normalized spacial score (nSPS) is 13.2. The number of carboxylic acids is 1. The largest absolute Gasteiger partial charge is 0.480 e. The number of aliphatic carboxylic acids is 1. The molecule has 2 N–H and O–H groups in total. The Kier molecular flexibility index (Phi) is 6.85. The molecule has 0 aliphatic heterocycles. The topological polar surface area (TPSA) is 66.4 Å². The molecule has 100 valence electrons. The second-order valence-corrected chi connectivity index (χ2v) is 5.66. The molecule has 0 aliphatic carbocycles. The lowest BCUT2D eigenvalue weighted by Crippen LogP contribution is -2.40. The highest BCUT2D eigenvalue weighted by Gasteiger charge is 2.19. The molecule has 1 amide bonds. The maximum absolute atomic E-state index is 11.5. The highest BCUT2D eigenvalue weighted by molar-refractivity contribution is 5.83. The zero-order valence-electron chi connectivity index (χ0n) is 11.4. The molecule has 0 rings (SSSR count). The van der Waals surface area contributed by atoms with Crippen LogP contribution in [-0.2, 0) is 9.59 Å². The molecule has 0 fully saturated rings. The van der Waals surface area contributed by atoms with Crippen LogP contribution < -0.4 is 5.32 Å². The fraction of sp³-hybridized carbons (Fsp3) is 0.846. The predicted octanol–water partition coefficient (Wildman–Crippen LogP) is 2.57. The Labute approximate surface area is 104 Å². The Balaban J connectivity index is 3.95. The van der Waals surface area contributed by atoms with Gasteiger partial charge in [0.1, 0.15) is 6.04 Å². The monoisotopic (exact) mass is 243 g/mol. The van der Waals surface area contributed by atoms with Crippen molar-refractivity contribution in [1.29, 1.82) is 0 Å². The van der Waals surface area contributed by atoms with Gasteiger partial charge in [0.05, 0.1) is 0 Å². The summed E-state index contributed by atoms with van der Waals surface area (Å²) in [7, 11) is 0. The SMILES string of the molecule is CCCC(NC(=O)CCCC(C)(C)C)C(=O)O. The third-order valence-corrected chi connectivity index (χ3v) is 2.54. The number of carboxylic acid groups (broad SMARTS) is 1. The Morgan fingerprint density at radius 2 is 1.88 bits per heavy atom. The summed E-state index contributed by atoms with van der Waals surface area (Å²) in [5.41, 5.74) is 0.218. The van der Waals surface area contributed by atoms with E-state index in [1.807, 2.05) is 6.92 Å². The molecule has 1 atom stereocenters. The van der Waals surface area contributed by atoms with E-state index in [9.17, 15) is 9.59 Å². The summed E-state index contributed by atoms with van der Waals surface area (Å²) in [6.07, 6.45) is 3.41. The van der Waals surface area contributed by atoms with Crippen molar-refractivity contribution in [3.05, 3.63) is 0 Å². The molecule has 0 aliphatic rings. The van der Waals surface area contributed by atoms with Gasteiger partial charge in [0.2, 0.25) is 5.91 Å². The third kappa shape index (κ3) is 8.72. The molecule has 4 nitrogen and oxygen atoms in total. The van der Waals surface area contributed by atoms with Crippen LogP contribution in [0.2, 0.25) is 0 Å². The van der Waals surface area contributed by atoms with Crippen molar-refractivity contribution in [1.82, 2.24) is 5.32 Å². The van der Waals surface area contributed by atoms with Crippen LogP contribution in [0.1, 0.15) is 59.8 Å². The van der Waals surface area contributed by atoms with Crippen molar-refractivity contribution < 1.29 is 14.7 Å². The maximum atomic E-state index is 11.5. The van der Waals surface area contributed by atoms with Crippen LogP contribution in [0.5, 0.6) is 0 Å². The minimum absolute atomic E-state index is 0.157. The van der Waals surface area contributed by atoms with E-state index in [1.165, 1.54) is 0 Å². The zero-order valence-corrected chi connectivity index (χ0v) is 11.4. The summed E-state index contributed by atoms with van der Waals surface area (Å²) >= 11 is 0. The van der Waals surface area contributed by atoms with E-state index in [1.54, 1.807) is 0 Å². The quantitative estimate of drug-likeness (QED) is 0.722. The number of hydrogen-bond donors (Lipinski definition) is 2. The van der Waals surface area contributed by atoms with Crippen LogP contribution in [0.15, 0.2) is 0 Å². The second-order valence-electron chi connectivity index (χ2n) is 5.66. The van der Waals surface area contributed by atoms with Crippen LogP contribution in [0.4, 0.5) is 0 Å². The van der Waals surface area contributed by atoms with E-state index in [-0.39, 0.29) is 11.3 Å². The van der Waals surface area contributed by atoms with Crippen molar-refractivity contribution in [2.24, 2.45) is 5.41 Å². The van der Waals surface area contributed by atoms with Crippen molar-refractivity contribution in [3.63, 3.8) is 0 Å². The second kappa shape index (κ2) is 7.30. The van der Waals surface area contributed by atoms with Crippen molar-refractivity contribution in [3.8, 4) is 0 Å². The van der Waals surface area contributed by atoms with Crippen molar-refractivity contribution in [2.45, 2.75) is 65.8 Å². The first-order chi connectivity index (χ1) is 7.76. The molecule has 0 radical (unpaired) electrons. The van der Waals surface area contributed by atoms with Crippen LogP contribution in [0.3, 0.4) is 0 Å². The summed E-state index contributed by atoms with van der Waals surface area (Å²) in [6, 6.07) is -0.734. The number of carbonyl (C=O) groups excluding carboxylic acids is 1. The highest BCUT2D eigenvalue weighted by atomic mass is 16.4. The number of carbonyl (C=O) groups is 2. The maximum Gasteiger partial charge on any atom is 0.326 e. The first kappa shape index (κ1) is 15.9. The van der Waals surface area contributed by atoms with Crippen LogP contribution in [0.25, 0.3) is 0 Å². The Hall–Kier alpha value is -1.06. The highest BCUT2D eigenvalue weighted by Crippen LogP contribution is 2.21. The van der Waals surface area contributed by atoms with Gasteiger partial charge in [0.25, 0.3) is 0 Å². The van der Waals surface area contributed by atoms with Gasteiger partial charge < -0.3 is 10.4 Å². The summed E-state index contributed by atoms with van der Waals surface area (Å²) in [4.78, 5) is 22.4. The van der Waals surface area contributed by atoms with E-state index >= 15 is 0 Å². The fourth-order valence-electron chi connectivity index (χ4n) is 1.59. The summed E-state index contributed by atoms with van der Waals surface area (Å²) < 4.78 is 0. The van der Waals surface area contributed by atoms with Gasteiger partial charge in [-0.2, -0.15) is 0 Å². The molecule has 0 aromatic rings. The summed E-state index contributed by atoms with van der Waals surface area (Å²) in [5.74, 6) is -1.11. The van der Waals surface area contributed by atoms with E-state index in [4.69, 9.17) is 5.11 Å². The number of amides is 1. The molecule has 0 spiro atoms. The van der Waals surface area contributed by atoms with Crippen LogP contribution in [-0.4, -0.2) is 23.0 Å². The van der Waals surface area contributed by atoms with Gasteiger partial charge in [-0.15, -0.1) is 0 Å². The van der Waals surface area contributed by atoms with Gasteiger partial charge in [-0.1, -0.05) is 34.1 Å². The van der Waals surface area contributed by atoms with E-state index in [2.05, 4.69) is 26.1 Å².